The van der Waals surface area contributed by atoms with Crippen molar-refractivity contribution in [2.75, 3.05) is 13.2 Å². The highest BCUT2D eigenvalue weighted by atomic mass is 16.5. The van der Waals surface area contributed by atoms with Gasteiger partial charge in [0.05, 0.1) is 12.2 Å². The summed E-state index contributed by atoms with van der Waals surface area (Å²) >= 11 is 0. The molecule has 0 atom stereocenters. The van der Waals surface area contributed by atoms with Crippen LogP contribution >= 0.6 is 0 Å². The zero-order valence-electron chi connectivity index (χ0n) is 16.2. The predicted molar refractivity (Wildman–Crippen MR) is 107 cm³/mol. The Balaban J connectivity index is 1.89. The van der Waals surface area contributed by atoms with Crippen LogP contribution in [0.25, 0.3) is 6.08 Å². The maximum Gasteiger partial charge on any atom is 0.232 e. The molecule has 2 aromatic carbocycles. The van der Waals surface area contributed by atoms with Crippen molar-refractivity contribution in [3.8, 4) is 17.2 Å². The zero-order chi connectivity index (χ0) is 19.4. The lowest BCUT2D eigenvalue weighted by atomic mass is 10.0. The van der Waals surface area contributed by atoms with Crippen LogP contribution in [0.3, 0.4) is 0 Å². The van der Waals surface area contributed by atoms with Crippen LogP contribution in [-0.4, -0.2) is 19.0 Å². The highest BCUT2D eigenvalue weighted by molar-refractivity contribution is 6.15. The van der Waals surface area contributed by atoms with Gasteiger partial charge >= 0.3 is 0 Å². The molecule has 0 N–H and O–H groups in total. The van der Waals surface area contributed by atoms with E-state index < -0.39 is 0 Å². The summed E-state index contributed by atoms with van der Waals surface area (Å²) in [6, 6.07) is 11.2. The molecule has 140 valence electrons. The van der Waals surface area contributed by atoms with Gasteiger partial charge in [0.1, 0.15) is 23.9 Å². The van der Waals surface area contributed by atoms with Crippen LogP contribution in [0.2, 0.25) is 0 Å². The maximum absolute atomic E-state index is 12.8. The molecule has 0 bridgehead atoms. The van der Waals surface area contributed by atoms with Gasteiger partial charge in [-0.3, -0.25) is 4.79 Å². The fraction of sp³-hybridized carbons (Fsp3) is 0.261. The number of hydrogen-bond donors (Lipinski definition) is 0. The molecular formula is C23H24O4. The van der Waals surface area contributed by atoms with E-state index in [-0.39, 0.29) is 5.78 Å². The molecule has 4 heteroatoms. The number of carbonyl (C=O) groups is 1. The zero-order valence-corrected chi connectivity index (χ0v) is 16.2. The van der Waals surface area contributed by atoms with Gasteiger partial charge in [-0.1, -0.05) is 23.8 Å². The van der Waals surface area contributed by atoms with E-state index in [0.717, 1.165) is 16.9 Å². The minimum absolute atomic E-state index is 0.121. The Morgan fingerprint density at radius 3 is 2.67 bits per heavy atom. The summed E-state index contributed by atoms with van der Waals surface area (Å²) in [5.41, 5.74) is 3.43. The molecule has 0 saturated carbocycles. The molecule has 27 heavy (non-hydrogen) atoms. The Labute approximate surface area is 160 Å². The highest BCUT2D eigenvalue weighted by Gasteiger charge is 2.30. The first kappa shape index (κ1) is 18.8. The summed E-state index contributed by atoms with van der Waals surface area (Å²) in [5, 5.41) is 0. The number of aryl methyl sites for hydroxylation is 1. The van der Waals surface area contributed by atoms with E-state index in [1.54, 1.807) is 12.1 Å². The van der Waals surface area contributed by atoms with Crippen molar-refractivity contribution in [1.82, 2.24) is 0 Å². The second-order valence-electron chi connectivity index (χ2n) is 6.62. The smallest absolute Gasteiger partial charge is 0.232 e. The number of benzene rings is 2. The van der Waals surface area contributed by atoms with Gasteiger partial charge in [0.2, 0.25) is 5.78 Å². The van der Waals surface area contributed by atoms with Crippen molar-refractivity contribution in [2.24, 2.45) is 0 Å². The van der Waals surface area contributed by atoms with E-state index in [0.29, 0.717) is 36.0 Å². The predicted octanol–water partition coefficient (Wildman–Crippen LogP) is 5.35. The molecule has 0 radical (unpaired) electrons. The number of carbonyl (C=O) groups excluding carboxylic acids is 1. The average molecular weight is 364 g/mol. The molecule has 0 amide bonds. The SMILES string of the molecule is CCOc1ccccc1/C=C1\Oc2cc(OCC=C(C)C)cc(C)c2C1=O. The third-order valence-corrected chi connectivity index (χ3v) is 4.19. The number of para-hydroxylation sites is 1. The van der Waals surface area contributed by atoms with Crippen molar-refractivity contribution in [3.05, 3.63) is 70.5 Å². The van der Waals surface area contributed by atoms with Crippen molar-refractivity contribution >= 4 is 11.9 Å². The number of ketones is 1. The van der Waals surface area contributed by atoms with Crippen LogP contribution < -0.4 is 14.2 Å². The minimum atomic E-state index is -0.121. The van der Waals surface area contributed by atoms with Crippen LogP contribution in [0.5, 0.6) is 17.2 Å². The van der Waals surface area contributed by atoms with Crippen molar-refractivity contribution < 1.29 is 19.0 Å². The molecule has 0 spiro atoms. The first-order valence-electron chi connectivity index (χ1n) is 9.06. The fourth-order valence-electron chi connectivity index (χ4n) is 2.89. The average Bonchev–Trinajstić information content (AvgIpc) is 2.92. The number of Topliss-reactive ketones (excluding diaryl/α,β-unsaturated/α-hetero) is 1. The molecule has 0 saturated heterocycles. The molecule has 0 aromatic heterocycles. The number of fused-ring (bicyclic) bond motifs is 1. The van der Waals surface area contributed by atoms with Gasteiger partial charge in [-0.15, -0.1) is 0 Å². The summed E-state index contributed by atoms with van der Waals surface area (Å²) < 4.78 is 17.3. The van der Waals surface area contributed by atoms with Gasteiger partial charge in [0, 0.05) is 11.6 Å². The third-order valence-electron chi connectivity index (χ3n) is 4.19. The van der Waals surface area contributed by atoms with Crippen LogP contribution in [0.4, 0.5) is 0 Å². The Morgan fingerprint density at radius 1 is 1.15 bits per heavy atom. The van der Waals surface area contributed by atoms with Crippen molar-refractivity contribution in [2.45, 2.75) is 27.7 Å². The van der Waals surface area contributed by atoms with E-state index in [9.17, 15) is 4.79 Å². The second-order valence-corrected chi connectivity index (χ2v) is 6.62. The molecular weight excluding hydrogens is 340 g/mol. The normalized spacial score (nSPS) is 13.9. The van der Waals surface area contributed by atoms with E-state index >= 15 is 0 Å². The molecule has 1 aliphatic rings. The molecule has 1 heterocycles. The van der Waals surface area contributed by atoms with Crippen LogP contribution in [0, 0.1) is 6.92 Å². The lowest BCUT2D eigenvalue weighted by Crippen LogP contribution is -2.01. The number of rotatable bonds is 6. The number of allylic oxidation sites excluding steroid dienone is 2. The van der Waals surface area contributed by atoms with E-state index in [4.69, 9.17) is 14.2 Å². The first-order chi connectivity index (χ1) is 13.0. The summed E-state index contributed by atoms with van der Waals surface area (Å²) in [5.74, 6) is 2.12. The third kappa shape index (κ3) is 4.22. The first-order valence-corrected chi connectivity index (χ1v) is 9.06. The highest BCUT2D eigenvalue weighted by Crippen LogP contribution is 2.38. The van der Waals surface area contributed by atoms with Gasteiger partial charge in [0.15, 0.2) is 5.76 Å². The minimum Gasteiger partial charge on any atom is -0.493 e. The van der Waals surface area contributed by atoms with E-state index in [2.05, 4.69) is 0 Å². The molecule has 0 unspecified atom stereocenters. The Hall–Kier alpha value is -3.01. The lowest BCUT2D eigenvalue weighted by Gasteiger charge is -2.08. The largest absolute Gasteiger partial charge is 0.493 e. The van der Waals surface area contributed by atoms with Gasteiger partial charge in [0.25, 0.3) is 0 Å². The molecule has 0 aliphatic carbocycles. The molecule has 1 aliphatic heterocycles. The number of hydrogen-bond acceptors (Lipinski definition) is 4. The molecule has 4 nitrogen and oxygen atoms in total. The van der Waals surface area contributed by atoms with Gasteiger partial charge < -0.3 is 14.2 Å². The van der Waals surface area contributed by atoms with Gasteiger partial charge in [-0.25, -0.2) is 0 Å². The van der Waals surface area contributed by atoms with Crippen LogP contribution in [0.1, 0.15) is 42.3 Å². The quantitative estimate of drug-likeness (QED) is 0.512. The summed E-state index contributed by atoms with van der Waals surface area (Å²) in [4.78, 5) is 12.8. The van der Waals surface area contributed by atoms with E-state index in [1.165, 1.54) is 5.57 Å². The van der Waals surface area contributed by atoms with Crippen LogP contribution in [-0.2, 0) is 0 Å². The summed E-state index contributed by atoms with van der Waals surface area (Å²) in [6.45, 7) is 8.91. The standard InChI is InChI=1S/C23H24O4/c1-5-25-19-9-7-6-8-17(19)13-21-23(24)22-16(4)12-18(14-20(22)27-21)26-11-10-15(2)3/h6-10,12-14H,5,11H2,1-4H3/b21-13-. The molecule has 0 fully saturated rings. The monoisotopic (exact) mass is 364 g/mol. The van der Waals surface area contributed by atoms with Gasteiger partial charge in [-0.05, 0) is 57.5 Å². The Kier molecular flexibility index (Phi) is 5.65. The van der Waals surface area contributed by atoms with E-state index in [1.807, 2.05) is 64.1 Å². The Bertz CT molecular complexity index is 918. The maximum atomic E-state index is 12.8. The fourth-order valence-corrected chi connectivity index (χ4v) is 2.89. The summed E-state index contributed by atoms with van der Waals surface area (Å²) in [7, 11) is 0. The second kappa shape index (κ2) is 8.12. The molecule has 2 aromatic rings. The van der Waals surface area contributed by atoms with Crippen LogP contribution in [0.15, 0.2) is 53.8 Å². The lowest BCUT2D eigenvalue weighted by molar-refractivity contribution is 0.101. The summed E-state index contributed by atoms with van der Waals surface area (Å²) in [6.07, 6.45) is 3.74. The number of ether oxygens (including phenoxy) is 3. The Morgan fingerprint density at radius 2 is 1.93 bits per heavy atom. The van der Waals surface area contributed by atoms with Gasteiger partial charge in [-0.2, -0.15) is 0 Å². The topological polar surface area (TPSA) is 44.8 Å². The molecule has 3 rings (SSSR count). The van der Waals surface area contributed by atoms with Crippen molar-refractivity contribution in [3.63, 3.8) is 0 Å². The van der Waals surface area contributed by atoms with Crippen molar-refractivity contribution in [1.29, 1.82) is 0 Å².